The number of nitrogens with zero attached hydrogens (tertiary/aromatic N) is 2. The normalized spacial score (nSPS) is 11.2. The van der Waals surface area contributed by atoms with E-state index >= 15 is 0 Å². The zero-order valence-corrected chi connectivity index (χ0v) is 20.8. The van der Waals surface area contributed by atoms with Crippen LogP contribution in [0.25, 0.3) is 66.3 Å². The number of hydrogen-bond donors (Lipinski definition) is 0. The molecule has 0 unspecified atom stereocenters. The monoisotopic (exact) mass is 484 g/mol. The first-order valence-electron chi connectivity index (χ1n) is 12.8. The summed E-state index contributed by atoms with van der Waals surface area (Å²) in [6, 6.07) is 47.0. The van der Waals surface area contributed by atoms with Gasteiger partial charge in [0.15, 0.2) is 5.82 Å². The van der Waals surface area contributed by atoms with E-state index in [0.717, 1.165) is 22.5 Å². The molecule has 1 aromatic heterocycles. The summed E-state index contributed by atoms with van der Waals surface area (Å²) in [4.78, 5) is 9.38. The van der Waals surface area contributed by atoms with Gasteiger partial charge in [0, 0.05) is 23.5 Å². The highest BCUT2D eigenvalue weighted by Gasteiger charge is 2.17. The molecule has 0 aliphatic heterocycles. The number of aromatic nitrogens is 2. The molecule has 0 radical (unpaired) electrons. The molecule has 7 rings (SSSR count). The quantitative estimate of drug-likeness (QED) is 0.233. The molecule has 0 N–H and O–H groups in total. The SMILES string of the molecule is c1ccc(-c2ncc(-c3ccc4c(-c5ccccc5)c5ccccc5c(-c5ccccc5)c4c3)cn2)cc1. The highest BCUT2D eigenvalue weighted by atomic mass is 14.9. The van der Waals surface area contributed by atoms with E-state index in [1.165, 1.54) is 43.8 Å². The van der Waals surface area contributed by atoms with E-state index in [1.54, 1.807) is 0 Å². The van der Waals surface area contributed by atoms with Crippen LogP contribution in [-0.2, 0) is 0 Å². The molecule has 7 aromatic rings. The summed E-state index contributed by atoms with van der Waals surface area (Å²) in [5, 5.41) is 4.96. The number of hydrogen-bond acceptors (Lipinski definition) is 2. The third kappa shape index (κ3) is 3.84. The van der Waals surface area contributed by atoms with Gasteiger partial charge < -0.3 is 0 Å². The van der Waals surface area contributed by atoms with Crippen LogP contribution in [0.15, 0.2) is 146 Å². The molecular weight excluding hydrogens is 460 g/mol. The Morgan fingerprint density at radius 2 is 0.763 bits per heavy atom. The summed E-state index contributed by atoms with van der Waals surface area (Å²) < 4.78 is 0. The highest BCUT2D eigenvalue weighted by molar-refractivity contribution is 6.21. The van der Waals surface area contributed by atoms with E-state index in [4.69, 9.17) is 0 Å². The minimum absolute atomic E-state index is 0.734. The first kappa shape index (κ1) is 22.1. The summed E-state index contributed by atoms with van der Waals surface area (Å²) >= 11 is 0. The van der Waals surface area contributed by atoms with Crippen molar-refractivity contribution in [3.8, 4) is 44.8 Å². The van der Waals surface area contributed by atoms with E-state index in [2.05, 4.69) is 113 Å². The predicted molar refractivity (Wildman–Crippen MR) is 159 cm³/mol. The van der Waals surface area contributed by atoms with E-state index in [-0.39, 0.29) is 0 Å². The van der Waals surface area contributed by atoms with Gasteiger partial charge in [-0.15, -0.1) is 0 Å². The van der Waals surface area contributed by atoms with Crippen LogP contribution in [0.3, 0.4) is 0 Å². The minimum atomic E-state index is 0.734. The largest absolute Gasteiger partial charge is 0.236 e. The third-order valence-electron chi connectivity index (χ3n) is 7.17. The summed E-state index contributed by atoms with van der Waals surface area (Å²) in [6.07, 6.45) is 3.86. The molecule has 1 heterocycles. The molecule has 2 heteroatoms. The van der Waals surface area contributed by atoms with Crippen molar-refractivity contribution in [1.82, 2.24) is 9.97 Å². The molecular formula is C36H24N2. The van der Waals surface area contributed by atoms with Crippen molar-refractivity contribution in [2.75, 3.05) is 0 Å². The van der Waals surface area contributed by atoms with Gasteiger partial charge in [0.2, 0.25) is 0 Å². The van der Waals surface area contributed by atoms with Crippen LogP contribution in [0.2, 0.25) is 0 Å². The molecule has 0 atom stereocenters. The van der Waals surface area contributed by atoms with Crippen LogP contribution in [0, 0.1) is 0 Å². The van der Waals surface area contributed by atoms with Gasteiger partial charge in [0.1, 0.15) is 0 Å². The lowest BCUT2D eigenvalue weighted by molar-refractivity contribution is 1.18. The maximum Gasteiger partial charge on any atom is 0.159 e. The number of benzene rings is 6. The van der Waals surface area contributed by atoms with Crippen LogP contribution in [-0.4, -0.2) is 9.97 Å². The van der Waals surface area contributed by atoms with Crippen LogP contribution in [0.5, 0.6) is 0 Å². The van der Waals surface area contributed by atoms with Gasteiger partial charge in [-0.1, -0.05) is 127 Å². The minimum Gasteiger partial charge on any atom is -0.236 e. The van der Waals surface area contributed by atoms with Crippen molar-refractivity contribution in [2.45, 2.75) is 0 Å². The number of rotatable bonds is 4. The lowest BCUT2D eigenvalue weighted by Crippen LogP contribution is -1.93. The highest BCUT2D eigenvalue weighted by Crippen LogP contribution is 2.44. The Bertz CT molecular complexity index is 1880. The number of fused-ring (bicyclic) bond motifs is 2. The zero-order chi connectivity index (χ0) is 25.3. The van der Waals surface area contributed by atoms with Gasteiger partial charge in [0.05, 0.1) is 0 Å². The molecule has 6 aromatic carbocycles. The Balaban J connectivity index is 1.50. The van der Waals surface area contributed by atoms with Crippen LogP contribution in [0.1, 0.15) is 0 Å². The van der Waals surface area contributed by atoms with Crippen molar-refractivity contribution in [3.63, 3.8) is 0 Å². The Hall–Kier alpha value is -5.08. The molecule has 0 aliphatic rings. The van der Waals surface area contributed by atoms with E-state index in [1.807, 2.05) is 42.7 Å². The second-order valence-corrected chi connectivity index (χ2v) is 9.45. The van der Waals surface area contributed by atoms with E-state index in [9.17, 15) is 0 Å². The molecule has 0 saturated carbocycles. The summed E-state index contributed by atoms with van der Waals surface area (Å²) in [6.45, 7) is 0. The average molecular weight is 485 g/mol. The fraction of sp³-hybridized carbons (Fsp3) is 0. The Kier molecular flexibility index (Phi) is 5.49. The van der Waals surface area contributed by atoms with E-state index < -0.39 is 0 Å². The maximum atomic E-state index is 4.69. The fourth-order valence-corrected chi connectivity index (χ4v) is 5.40. The first-order chi connectivity index (χ1) is 18.9. The Labute approximate surface area is 221 Å². The molecule has 0 saturated heterocycles. The standard InChI is InChI=1S/C36H24N2/c1-4-12-25(13-5-1)34-30-18-10-11-19-31(30)35(26-14-6-2-7-15-26)33-22-28(20-21-32(33)34)29-23-37-36(38-24-29)27-16-8-3-9-17-27/h1-24H. The Morgan fingerprint density at radius 1 is 0.316 bits per heavy atom. The molecule has 178 valence electrons. The third-order valence-corrected chi connectivity index (χ3v) is 7.17. The lowest BCUT2D eigenvalue weighted by atomic mass is 9.85. The van der Waals surface area contributed by atoms with Crippen molar-refractivity contribution in [2.24, 2.45) is 0 Å². The predicted octanol–water partition coefficient (Wildman–Crippen LogP) is 9.45. The average Bonchev–Trinajstić information content (AvgIpc) is 3.01. The van der Waals surface area contributed by atoms with Crippen LogP contribution >= 0.6 is 0 Å². The zero-order valence-electron chi connectivity index (χ0n) is 20.8. The topological polar surface area (TPSA) is 25.8 Å². The molecule has 0 amide bonds. The molecule has 2 nitrogen and oxygen atoms in total. The van der Waals surface area contributed by atoms with E-state index in [0.29, 0.717) is 0 Å². The van der Waals surface area contributed by atoms with Gasteiger partial charge in [0.25, 0.3) is 0 Å². The van der Waals surface area contributed by atoms with Crippen molar-refractivity contribution < 1.29 is 0 Å². The second kappa shape index (κ2) is 9.42. The smallest absolute Gasteiger partial charge is 0.159 e. The second-order valence-electron chi connectivity index (χ2n) is 9.45. The van der Waals surface area contributed by atoms with Gasteiger partial charge in [-0.05, 0) is 55.4 Å². The lowest BCUT2D eigenvalue weighted by Gasteiger charge is -2.18. The molecule has 38 heavy (non-hydrogen) atoms. The van der Waals surface area contributed by atoms with Crippen LogP contribution < -0.4 is 0 Å². The molecule has 0 fully saturated rings. The fourth-order valence-electron chi connectivity index (χ4n) is 5.40. The van der Waals surface area contributed by atoms with Crippen molar-refractivity contribution in [1.29, 1.82) is 0 Å². The summed E-state index contributed by atoms with van der Waals surface area (Å²) in [5.41, 5.74) is 8.06. The molecule has 0 bridgehead atoms. The first-order valence-corrected chi connectivity index (χ1v) is 12.8. The summed E-state index contributed by atoms with van der Waals surface area (Å²) in [7, 11) is 0. The Morgan fingerprint density at radius 3 is 1.32 bits per heavy atom. The molecule has 0 aliphatic carbocycles. The van der Waals surface area contributed by atoms with Gasteiger partial charge >= 0.3 is 0 Å². The van der Waals surface area contributed by atoms with Gasteiger partial charge in [-0.25, -0.2) is 9.97 Å². The van der Waals surface area contributed by atoms with Crippen molar-refractivity contribution in [3.05, 3.63) is 146 Å². The van der Waals surface area contributed by atoms with Gasteiger partial charge in [-0.2, -0.15) is 0 Å². The van der Waals surface area contributed by atoms with Crippen LogP contribution in [0.4, 0.5) is 0 Å². The van der Waals surface area contributed by atoms with Crippen molar-refractivity contribution >= 4 is 21.5 Å². The summed E-state index contributed by atoms with van der Waals surface area (Å²) in [5.74, 6) is 0.734. The molecule has 0 spiro atoms. The van der Waals surface area contributed by atoms with Gasteiger partial charge in [-0.3, -0.25) is 0 Å². The maximum absolute atomic E-state index is 4.69.